The number of nitro benzene ring substituents is 1. The molecule has 0 saturated heterocycles. The Labute approximate surface area is 120 Å². The normalized spacial score (nSPS) is 14.9. The fourth-order valence-corrected chi connectivity index (χ4v) is 2.07. The fraction of sp³-hybridized carbons (Fsp3) is 0.455. The van der Waals surface area contributed by atoms with Gasteiger partial charge in [-0.15, -0.1) is 0 Å². The van der Waals surface area contributed by atoms with E-state index in [0.29, 0.717) is 17.5 Å². The monoisotopic (exact) mass is 357 g/mol. The maximum absolute atomic E-state index is 12.5. The van der Waals surface area contributed by atoms with Crippen molar-refractivity contribution >= 4 is 21.6 Å². The van der Waals surface area contributed by atoms with Crippen LogP contribution in [0.25, 0.3) is 0 Å². The lowest BCUT2D eigenvalue weighted by molar-refractivity contribution is -0.386. The van der Waals surface area contributed by atoms with E-state index < -0.39 is 34.6 Å². The van der Waals surface area contributed by atoms with E-state index in [-0.39, 0.29) is 12.0 Å². The molecule has 0 fully saturated rings. The Bertz CT molecular complexity index is 495. The zero-order chi connectivity index (χ0) is 15.5. The molecule has 0 amide bonds. The molecule has 0 aliphatic rings. The first-order valence-electron chi connectivity index (χ1n) is 5.46. The minimum atomic E-state index is -4.72. The summed E-state index contributed by atoms with van der Waals surface area (Å²) in [6.45, 7) is 0. The van der Waals surface area contributed by atoms with Crippen LogP contribution in [-0.2, 0) is 6.18 Å². The van der Waals surface area contributed by atoms with Crippen molar-refractivity contribution in [3.05, 3.63) is 39.4 Å². The van der Waals surface area contributed by atoms with Gasteiger partial charge in [-0.2, -0.15) is 13.2 Å². The molecule has 0 bridgehead atoms. The topological polar surface area (TPSA) is 83.6 Å². The molecule has 112 valence electrons. The van der Waals surface area contributed by atoms with Crippen molar-refractivity contribution in [2.75, 3.05) is 5.33 Å². The van der Waals surface area contributed by atoms with Crippen molar-refractivity contribution in [3.8, 4) is 0 Å². The second-order valence-electron chi connectivity index (χ2n) is 4.02. The van der Waals surface area contributed by atoms with Crippen LogP contribution in [0, 0.1) is 10.1 Å². The number of aliphatic hydroxyl groups excluding tert-OH is 2. The third-order valence-corrected chi connectivity index (χ3v) is 3.10. The van der Waals surface area contributed by atoms with Crippen LogP contribution in [0.3, 0.4) is 0 Å². The van der Waals surface area contributed by atoms with Crippen LogP contribution in [0.15, 0.2) is 18.2 Å². The summed E-state index contributed by atoms with van der Waals surface area (Å²) in [7, 11) is 0. The number of rotatable bonds is 5. The average Bonchev–Trinajstić information content (AvgIpc) is 2.36. The van der Waals surface area contributed by atoms with Crippen LogP contribution in [0.2, 0.25) is 0 Å². The minimum Gasteiger partial charge on any atom is -0.390 e. The Kier molecular flexibility index (Phi) is 5.49. The van der Waals surface area contributed by atoms with E-state index in [2.05, 4.69) is 15.9 Å². The first-order valence-corrected chi connectivity index (χ1v) is 6.58. The fourth-order valence-electron chi connectivity index (χ4n) is 1.61. The summed E-state index contributed by atoms with van der Waals surface area (Å²) >= 11 is 3.02. The van der Waals surface area contributed by atoms with Crippen LogP contribution in [-0.4, -0.2) is 26.6 Å². The van der Waals surface area contributed by atoms with E-state index in [4.69, 9.17) is 0 Å². The zero-order valence-electron chi connectivity index (χ0n) is 9.97. The van der Waals surface area contributed by atoms with E-state index >= 15 is 0 Å². The molecule has 0 spiro atoms. The molecular formula is C11H11BrF3NO4. The molecule has 20 heavy (non-hydrogen) atoms. The maximum atomic E-state index is 12.5. The summed E-state index contributed by atoms with van der Waals surface area (Å²) in [5, 5.41) is 30.5. The minimum absolute atomic E-state index is 0.0966. The molecule has 1 aromatic carbocycles. The van der Waals surface area contributed by atoms with Crippen LogP contribution >= 0.6 is 15.9 Å². The second-order valence-corrected chi connectivity index (χ2v) is 4.81. The predicted octanol–water partition coefficient (Wildman–Crippen LogP) is 2.79. The Morgan fingerprint density at radius 1 is 1.35 bits per heavy atom. The van der Waals surface area contributed by atoms with Gasteiger partial charge in [0.15, 0.2) is 0 Å². The lowest BCUT2D eigenvalue weighted by Crippen LogP contribution is -2.20. The molecule has 2 N–H and O–H groups in total. The standard InChI is InChI=1S/C11H11BrF3NO4/c12-4-3-9(17)10(18)7-2-1-6(11(13,14)15)5-8(7)16(19)20/h1-2,5,9-10,17-18H,3-4H2. The van der Waals surface area contributed by atoms with Gasteiger partial charge in [0.05, 0.1) is 22.2 Å². The highest BCUT2D eigenvalue weighted by Crippen LogP contribution is 2.35. The van der Waals surface area contributed by atoms with E-state index in [0.717, 1.165) is 6.07 Å². The third kappa shape index (κ3) is 3.90. The highest BCUT2D eigenvalue weighted by Gasteiger charge is 2.34. The van der Waals surface area contributed by atoms with Gasteiger partial charge in [0, 0.05) is 11.4 Å². The van der Waals surface area contributed by atoms with Crippen LogP contribution in [0.5, 0.6) is 0 Å². The molecule has 2 atom stereocenters. The molecule has 1 aromatic rings. The largest absolute Gasteiger partial charge is 0.416 e. The second kappa shape index (κ2) is 6.51. The van der Waals surface area contributed by atoms with Crippen molar-refractivity contribution in [1.29, 1.82) is 0 Å². The summed E-state index contributed by atoms with van der Waals surface area (Å²) in [4.78, 5) is 9.80. The number of aliphatic hydroxyl groups is 2. The summed E-state index contributed by atoms with van der Waals surface area (Å²) in [5.41, 5.74) is -2.41. The van der Waals surface area contributed by atoms with Gasteiger partial charge in [-0.3, -0.25) is 10.1 Å². The smallest absolute Gasteiger partial charge is 0.390 e. The molecule has 1 rings (SSSR count). The molecule has 0 radical (unpaired) electrons. The molecular weight excluding hydrogens is 347 g/mol. The molecule has 0 heterocycles. The lowest BCUT2D eigenvalue weighted by atomic mass is 9.99. The summed E-state index contributed by atoms with van der Waals surface area (Å²) in [6.07, 6.45) is -7.57. The van der Waals surface area contributed by atoms with Gasteiger partial charge in [0.25, 0.3) is 5.69 Å². The summed E-state index contributed by atoms with van der Waals surface area (Å²) < 4.78 is 37.5. The molecule has 0 aromatic heterocycles. The van der Waals surface area contributed by atoms with E-state index in [1.807, 2.05) is 0 Å². The predicted molar refractivity (Wildman–Crippen MR) is 67.5 cm³/mol. The number of hydrogen-bond donors (Lipinski definition) is 2. The van der Waals surface area contributed by atoms with Gasteiger partial charge in [0.2, 0.25) is 0 Å². The third-order valence-electron chi connectivity index (χ3n) is 2.64. The van der Waals surface area contributed by atoms with Crippen molar-refractivity contribution in [1.82, 2.24) is 0 Å². The Morgan fingerprint density at radius 3 is 2.40 bits per heavy atom. The van der Waals surface area contributed by atoms with Crippen LogP contribution in [0.4, 0.5) is 18.9 Å². The van der Waals surface area contributed by atoms with Crippen molar-refractivity contribution in [2.45, 2.75) is 24.8 Å². The molecule has 0 saturated carbocycles. The highest BCUT2D eigenvalue weighted by atomic mass is 79.9. The van der Waals surface area contributed by atoms with Gasteiger partial charge < -0.3 is 10.2 Å². The number of benzene rings is 1. The quantitative estimate of drug-likeness (QED) is 0.482. The molecule has 5 nitrogen and oxygen atoms in total. The molecule has 9 heteroatoms. The van der Waals surface area contributed by atoms with Crippen molar-refractivity contribution < 1.29 is 28.3 Å². The zero-order valence-corrected chi connectivity index (χ0v) is 11.6. The summed E-state index contributed by atoms with van der Waals surface area (Å²) in [6, 6.07) is 1.79. The van der Waals surface area contributed by atoms with Crippen molar-refractivity contribution in [2.24, 2.45) is 0 Å². The van der Waals surface area contributed by atoms with E-state index in [1.54, 1.807) is 0 Å². The first kappa shape index (κ1) is 16.9. The molecule has 0 aliphatic carbocycles. The molecule has 2 unspecified atom stereocenters. The Balaban J connectivity index is 3.24. The van der Waals surface area contributed by atoms with Crippen LogP contribution in [0.1, 0.15) is 23.7 Å². The average molecular weight is 358 g/mol. The van der Waals surface area contributed by atoms with Gasteiger partial charge >= 0.3 is 6.18 Å². The highest BCUT2D eigenvalue weighted by molar-refractivity contribution is 9.09. The number of halogens is 4. The van der Waals surface area contributed by atoms with Gasteiger partial charge in [-0.25, -0.2) is 0 Å². The van der Waals surface area contributed by atoms with Crippen LogP contribution < -0.4 is 0 Å². The SMILES string of the molecule is O=[N+]([O-])c1cc(C(F)(F)F)ccc1C(O)C(O)CCBr. The maximum Gasteiger partial charge on any atom is 0.416 e. The Hall–Kier alpha value is -1.19. The summed E-state index contributed by atoms with van der Waals surface area (Å²) in [5.74, 6) is 0. The van der Waals surface area contributed by atoms with Crippen molar-refractivity contribution in [3.63, 3.8) is 0 Å². The lowest BCUT2D eigenvalue weighted by Gasteiger charge is -2.18. The number of alkyl halides is 4. The van der Waals surface area contributed by atoms with E-state index in [1.165, 1.54) is 0 Å². The number of nitro groups is 1. The van der Waals surface area contributed by atoms with Gasteiger partial charge in [0.1, 0.15) is 6.10 Å². The molecule has 0 aliphatic heterocycles. The number of nitrogens with zero attached hydrogens (tertiary/aromatic N) is 1. The van der Waals surface area contributed by atoms with Gasteiger partial charge in [-0.05, 0) is 18.6 Å². The first-order chi connectivity index (χ1) is 9.18. The Morgan fingerprint density at radius 2 is 1.95 bits per heavy atom. The van der Waals surface area contributed by atoms with E-state index in [9.17, 15) is 33.5 Å². The van der Waals surface area contributed by atoms with Gasteiger partial charge in [-0.1, -0.05) is 15.9 Å². The number of hydrogen-bond acceptors (Lipinski definition) is 4.